The summed E-state index contributed by atoms with van der Waals surface area (Å²) in [5.41, 5.74) is 0.822. The zero-order chi connectivity index (χ0) is 17.1. The van der Waals surface area contributed by atoms with Crippen molar-refractivity contribution in [2.24, 2.45) is 5.92 Å². The molecule has 2 heterocycles. The fraction of sp³-hybridized carbons (Fsp3) is 0.526. The Hall–Kier alpha value is -2.01. The standard InChI is InChI=1S/C19H25N3O2/c1-13(2)18-20-19(24-21-18)14(3)22-11-9-16(10-12-22)17(23)15-7-5-4-6-8-15/h4-8,13-14,16H,9-12H2,1-3H3/t14-/m1/s1. The van der Waals surface area contributed by atoms with E-state index in [0.29, 0.717) is 5.89 Å². The topological polar surface area (TPSA) is 59.2 Å². The van der Waals surface area contributed by atoms with Crippen molar-refractivity contribution in [2.75, 3.05) is 13.1 Å². The number of carbonyl (C=O) groups excluding carboxylic acids is 1. The Morgan fingerprint density at radius 3 is 2.42 bits per heavy atom. The van der Waals surface area contributed by atoms with Gasteiger partial charge in [-0.15, -0.1) is 0 Å². The molecule has 0 radical (unpaired) electrons. The van der Waals surface area contributed by atoms with E-state index in [1.54, 1.807) is 0 Å². The molecular weight excluding hydrogens is 302 g/mol. The van der Waals surface area contributed by atoms with Gasteiger partial charge in [0.15, 0.2) is 11.6 Å². The second kappa shape index (κ2) is 7.26. The molecule has 1 fully saturated rings. The highest BCUT2D eigenvalue weighted by molar-refractivity contribution is 5.97. The van der Waals surface area contributed by atoms with Gasteiger partial charge < -0.3 is 4.52 Å². The molecule has 1 saturated heterocycles. The maximum absolute atomic E-state index is 12.6. The van der Waals surface area contributed by atoms with E-state index in [1.807, 2.05) is 30.3 Å². The molecule has 2 aromatic rings. The van der Waals surface area contributed by atoms with Crippen LogP contribution in [0.25, 0.3) is 0 Å². The van der Waals surface area contributed by atoms with Gasteiger partial charge in [-0.1, -0.05) is 49.3 Å². The molecule has 1 aromatic heterocycles. The number of Topliss-reactive ketones (excluding diaryl/α,β-unsaturated/α-hetero) is 1. The van der Waals surface area contributed by atoms with Crippen molar-refractivity contribution < 1.29 is 9.32 Å². The fourth-order valence-electron chi connectivity index (χ4n) is 3.19. The molecule has 3 rings (SSSR count). The minimum atomic E-state index is 0.0952. The summed E-state index contributed by atoms with van der Waals surface area (Å²) < 4.78 is 5.41. The smallest absolute Gasteiger partial charge is 0.243 e. The third-order valence-corrected chi connectivity index (χ3v) is 4.84. The van der Waals surface area contributed by atoms with Crippen LogP contribution in [0.4, 0.5) is 0 Å². The zero-order valence-corrected chi connectivity index (χ0v) is 14.6. The van der Waals surface area contributed by atoms with Crippen LogP contribution in [0.15, 0.2) is 34.9 Å². The Kier molecular flexibility index (Phi) is 5.09. The number of aromatic nitrogens is 2. The highest BCUT2D eigenvalue weighted by Crippen LogP contribution is 2.28. The van der Waals surface area contributed by atoms with E-state index < -0.39 is 0 Å². The van der Waals surface area contributed by atoms with Gasteiger partial charge in [0.2, 0.25) is 5.89 Å². The van der Waals surface area contributed by atoms with Crippen LogP contribution in [0, 0.1) is 5.92 Å². The molecule has 1 atom stereocenters. The lowest BCUT2D eigenvalue weighted by Crippen LogP contribution is -2.38. The second-order valence-electron chi connectivity index (χ2n) is 6.86. The van der Waals surface area contributed by atoms with Crippen LogP contribution in [-0.4, -0.2) is 33.9 Å². The summed E-state index contributed by atoms with van der Waals surface area (Å²) in [5.74, 6) is 2.08. The number of hydrogen-bond donors (Lipinski definition) is 0. The van der Waals surface area contributed by atoms with Gasteiger partial charge in [0, 0.05) is 17.4 Å². The number of ketones is 1. The van der Waals surface area contributed by atoms with E-state index in [-0.39, 0.29) is 23.7 Å². The molecule has 0 saturated carbocycles. The zero-order valence-electron chi connectivity index (χ0n) is 14.6. The quantitative estimate of drug-likeness (QED) is 0.781. The first-order chi connectivity index (χ1) is 11.6. The molecule has 5 heteroatoms. The summed E-state index contributed by atoms with van der Waals surface area (Å²) in [6.45, 7) is 7.96. The van der Waals surface area contributed by atoms with Crippen LogP contribution in [0.1, 0.15) is 67.6 Å². The molecule has 0 N–H and O–H groups in total. The van der Waals surface area contributed by atoms with Crippen molar-refractivity contribution in [1.29, 1.82) is 0 Å². The predicted octanol–water partition coefficient (Wildman–Crippen LogP) is 3.85. The third kappa shape index (κ3) is 3.56. The van der Waals surface area contributed by atoms with Crippen LogP contribution < -0.4 is 0 Å². The summed E-state index contributed by atoms with van der Waals surface area (Å²) >= 11 is 0. The van der Waals surface area contributed by atoms with Crippen LogP contribution in [0.3, 0.4) is 0 Å². The maximum atomic E-state index is 12.6. The summed E-state index contributed by atoms with van der Waals surface area (Å²) in [5, 5.41) is 4.05. The van der Waals surface area contributed by atoms with Gasteiger partial charge in [0.25, 0.3) is 0 Å². The van der Waals surface area contributed by atoms with Crippen molar-refractivity contribution in [3.8, 4) is 0 Å². The van der Waals surface area contributed by atoms with Crippen molar-refractivity contribution in [2.45, 2.75) is 45.6 Å². The van der Waals surface area contributed by atoms with Crippen LogP contribution in [0.2, 0.25) is 0 Å². The number of piperidine rings is 1. The lowest BCUT2D eigenvalue weighted by molar-refractivity contribution is 0.0774. The number of rotatable bonds is 5. The molecule has 128 valence electrons. The SMILES string of the molecule is CC(C)c1noc([C@@H](C)N2CCC(C(=O)c3ccccc3)CC2)n1. The van der Waals surface area contributed by atoms with Crippen molar-refractivity contribution in [3.05, 3.63) is 47.6 Å². The molecule has 1 aromatic carbocycles. The van der Waals surface area contributed by atoms with Crippen LogP contribution in [-0.2, 0) is 0 Å². The normalized spacial score (nSPS) is 18.0. The average Bonchev–Trinajstić information content (AvgIpc) is 3.12. The van der Waals surface area contributed by atoms with Crippen molar-refractivity contribution in [1.82, 2.24) is 15.0 Å². The van der Waals surface area contributed by atoms with Gasteiger partial charge in [0.05, 0.1) is 6.04 Å². The first kappa shape index (κ1) is 16.8. The fourth-order valence-corrected chi connectivity index (χ4v) is 3.19. The monoisotopic (exact) mass is 327 g/mol. The Bertz CT molecular complexity index is 673. The Morgan fingerprint density at radius 1 is 1.17 bits per heavy atom. The largest absolute Gasteiger partial charge is 0.338 e. The number of carbonyl (C=O) groups is 1. The second-order valence-corrected chi connectivity index (χ2v) is 6.86. The first-order valence-corrected chi connectivity index (χ1v) is 8.73. The number of nitrogens with zero attached hydrogens (tertiary/aromatic N) is 3. The number of benzene rings is 1. The van der Waals surface area contributed by atoms with Gasteiger partial charge in [-0.2, -0.15) is 4.98 Å². The Morgan fingerprint density at radius 2 is 1.83 bits per heavy atom. The van der Waals surface area contributed by atoms with Gasteiger partial charge in [0.1, 0.15) is 0 Å². The van der Waals surface area contributed by atoms with Gasteiger partial charge >= 0.3 is 0 Å². The third-order valence-electron chi connectivity index (χ3n) is 4.84. The van der Waals surface area contributed by atoms with E-state index in [2.05, 4.69) is 35.8 Å². The molecule has 0 unspecified atom stereocenters. The van der Waals surface area contributed by atoms with Crippen LogP contribution in [0.5, 0.6) is 0 Å². The molecule has 24 heavy (non-hydrogen) atoms. The van der Waals surface area contributed by atoms with E-state index in [4.69, 9.17) is 4.52 Å². The first-order valence-electron chi connectivity index (χ1n) is 8.73. The molecule has 0 aliphatic carbocycles. The lowest BCUT2D eigenvalue weighted by atomic mass is 9.88. The van der Waals surface area contributed by atoms with Crippen LogP contribution >= 0.6 is 0 Å². The molecule has 1 aliphatic rings. The molecule has 0 amide bonds. The van der Waals surface area contributed by atoms with E-state index in [9.17, 15) is 4.79 Å². The average molecular weight is 327 g/mol. The van der Waals surface area contributed by atoms with Crippen molar-refractivity contribution in [3.63, 3.8) is 0 Å². The highest BCUT2D eigenvalue weighted by atomic mass is 16.5. The van der Waals surface area contributed by atoms with E-state index in [1.165, 1.54) is 0 Å². The number of likely N-dealkylation sites (tertiary alicyclic amines) is 1. The number of hydrogen-bond acceptors (Lipinski definition) is 5. The predicted molar refractivity (Wildman–Crippen MR) is 91.9 cm³/mol. The van der Waals surface area contributed by atoms with Crippen molar-refractivity contribution >= 4 is 5.78 Å². The summed E-state index contributed by atoms with van der Waals surface area (Å²) in [4.78, 5) is 19.4. The minimum Gasteiger partial charge on any atom is -0.338 e. The molecule has 1 aliphatic heterocycles. The molecule has 0 spiro atoms. The lowest BCUT2D eigenvalue weighted by Gasteiger charge is -2.33. The molecular formula is C19H25N3O2. The van der Waals surface area contributed by atoms with Gasteiger partial charge in [-0.3, -0.25) is 9.69 Å². The maximum Gasteiger partial charge on any atom is 0.243 e. The van der Waals surface area contributed by atoms with Gasteiger partial charge in [-0.05, 0) is 32.9 Å². The summed E-state index contributed by atoms with van der Waals surface area (Å²) in [6.07, 6.45) is 1.76. The molecule has 0 bridgehead atoms. The minimum absolute atomic E-state index is 0.0952. The molecule has 5 nitrogen and oxygen atoms in total. The summed E-state index contributed by atoms with van der Waals surface area (Å²) in [6, 6.07) is 9.69. The summed E-state index contributed by atoms with van der Waals surface area (Å²) in [7, 11) is 0. The van der Waals surface area contributed by atoms with E-state index in [0.717, 1.165) is 37.3 Å². The Balaban J connectivity index is 1.59. The Labute approximate surface area is 143 Å². The highest BCUT2D eigenvalue weighted by Gasteiger charge is 2.30. The van der Waals surface area contributed by atoms with E-state index >= 15 is 0 Å². The van der Waals surface area contributed by atoms with Gasteiger partial charge in [-0.25, -0.2) is 0 Å².